The van der Waals surface area contributed by atoms with Crippen molar-refractivity contribution in [3.05, 3.63) is 137 Å². The summed E-state index contributed by atoms with van der Waals surface area (Å²) < 4.78 is 7.35. The first-order valence-electron chi connectivity index (χ1n) is 15.6. The molecule has 6 rings (SSSR count). The van der Waals surface area contributed by atoms with Crippen LogP contribution in [0.25, 0.3) is 0 Å². The van der Waals surface area contributed by atoms with Crippen molar-refractivity contribution in [2.75, 3.05) is 0 Å². The molecular formula is C39H44O2. The third-order valence-corrected chi connectivity index (χ3v) is 9.01. The van der Waals surface area contributed by atoms with E-state index in [1.54, 1.807) is 0 Å². The third-order valence-electron chi connectivity index (χ3n) is 9.01. The van der Waals surface area contributed by atoms with E-state index >= 15 is 0 Å². The third kappa shape index (κ3) is 5.75. The predicted octanol–water partition coefficient (Wildman–Crippen LogP) is 9.44. The van der Waals surface area contributed by atoms with Gasteiger partial charge in [-0.2, -0.15) is 0 Å². The van der Waals surface area contributed by atoms with Crippen LogP contribution in [0.1, 0.15) is 74.8 Å². The van der Waals surface area contributed by atoms with Crippen molar-refractivity contribution in [3.63, 3.8) is 0 Å². The molecule has 3 atom stereocenters. The van der Waals surface area contributed by atoms with Gasteiger partial charge in [-0.15, -0.1) is 0 Å². The SMILES string of the molecule is CC.CC(C)CCC1C(=O)CC2Cc3c(cccc3OC(c3ccccc3)(c3ccccc3)c3ccccc3)C[C@@H]21. The van der Waals surface area contributed by atoms with Gasteiger partial charge in [0.25, 0.3) is 0 Å². The minimum absolute atomic E-state index is 0.215. The summed E-state index contributed by atoms with van der Waals surface area (Å²) in [6, 6.07) is 38.2. The van der Waals surface area contributed by atoms with Gasteiger partial charge in [0.15, 0.2) is 5.60 Å². The Morgan fingerprint density at radius 3 is 1.76 bits per heavy atom. The Balaban J connectivity index is 0.00000165. The molecule has 212 valence electrons. The number of carbonyl (C=O) groups is 1. The van der Waals surface area contributed by atoms with Crippen molar-refractivity contribution in [2.24, 2.45) is 23.7 Å². The van der Waals surface area contributed by atoms with Crippen molar-refractivity contribution >= 4 is 5.78 Å². The van der Waals surface area contributed by atoms with Crippen LogP contribution in [0.4, 0.5) is 0 Å². The summed E-state index contributed by atoms with van der Waals surface area (Å²) in [5.41, 5.74) is 5.11. The molecule has 2 aliphatic rings. The first-order valence-corrected chi connectivity index (χ1v) is 15.6. The van der Waals surface area contributed by atoms with Crippen LogP contribution in [0.15, 0.2) is 109 Å². The van der Waals surface area contributed by atoms with Gasteiger partial charge in [-0.1, -0.05) is 137 Å². The monoisotopic (exact) mass is 544 g/mol. The quantitative estimate of drug-likeness (QED) is 0.207. The average molecular weight is 545 g/mol. The Hall–Kier alpha value is -3.65. The van der Waals surface area contributed by atoms with Crippen LogP contribution < -0.4 is 4.74 Å². The fourth-order valence-electron chi connectivity index (χ4n) is 7.05. The van der Waals surface area contributed by atoms with Crippen LogP contribution in [-0.4, -0.2) is 5.78 Å². The standard InChI is InChI=1S/C37H38O2.C2H6/c1-26(2)21-22-32-33-23-27-13-12-20-36(34(27)24-28(33)25-35(32)38)39-37(29-14-6-3-7-15-29,30-16-8-4-9-17-30)31-18-10-5-11-19-31;1-2/h3-20,26,28,32-33H,21-25H2,1-2H3;1-2H3/t28?,32?,33-;/m0./s1. The van der Waals surface area contributed by atoms with Crippen molar-refractivity contribution in [2.45, 2.75) is 65.4 Å². The van der Waals surface area contributed by atoms with E-state index in [9.17, 15) is 4.79 Å². The first kappa shape index (κ1) is 28.9. The van der Waals surface area contributed by atoms with Crippen molar-refractivity contribution < 1.29 is 9.53 Å². The highest BCUT2D eigenvalue weighted by molar-refractivity contribution is 5.84. The van der Waals surface area contributed by atoms with E-state index in [4.69, 9.17) is 4.74 Å². The Morgan fingerprint density at radius 1 is 0.707 bits per heavy atom. The highest BCUT2D eigenvalue weighted by Crippen LogP contribution is 2.49. The molecule has 0 N–H and O–H groups in total. The minimum atomic E-state index is -0.805. The topological polar surface area (TPSA) is 26.3 Å². The van der Waals surface area contributed by atoms with E-state index in [-0.39, 0.29) is 5.92 Å². The summed E-state index contributed by atoms with van der Waals surface area (Å²) >= 11 is 0. The lowest BCUT2D eigenvalue weighted by atomic mass is 9.73. The largest absolute Gasteiger partial charge is 0.473 e. The van der Waals surface area contributed by atoms with E-state index in [1.807, 2.05) is 13.8 Å². The number of hydrogen-bond acceptors (Lipinski definition) is 2. The second kappa shape index (κ2) is 12.9. The van der Waals surface area contributed by atoms with Gasteiger partial charge in [0.1, 0.15) is 11.5 Å². The molecule has 2 aliphatic carbocycles. The van der Waals surface area contributed by atoms with Crippen LogP contribution in [0.3, 0.4) is 0 Å². The maximum atomic E-state index is 13.1. The molecule has 0 amide bonds. The molecular weight excluding hydrogens is 500 g/mol. The number of hydrogen-bond donors (Lipinski definition) is 0. The maximum Gasteiger partial charge on any atom is 0.184 e. The van der Waals surface area contributed by atoms with Gasteiger partial charge in [0.2, 0.25) is 0 Å². The number of carbonyl (C=O) groups excluding carboxylic acids is 1. The Kier molecular flexibility index (Phi) is 9.08. The lowest BCUT2D eigenvalue weighted by Crippen LogP contribution is -2.37. The van der Waals surface area contributed by atoms with Crippen LogP contribution in [0.2, 0.25) is 0 Å². The molecule has 0 bridgehead atoms. The van der Waals surface area contributed by atoms with Crippen LogP contribution in [0, 0.1) is 23.7 Å². The zero-order valence-electron chi connectivity index (χ0n) is 25.1. The number of Topliss-reactive ketones (excluding diaryl/α,β-unsaturated/α-hetero) is 1. The van der Waals surface area contributed by atoms with Gasteiger partial charge in [0.05, 0.1) is 0 Å². The number of ketones is 1. The van der Waals surface area contributed by atoms with Crippen molar-refractivity contribution in [1.82, 2.24) is 0 Å². The van der Waals surface area contributed by atoms with E-state index in [0.717, 1.165) is 48.1 Å². The van der Waals surface area contributed by atoms with E-state index in [0.29, 0.717) is 30.0 Å². The zero-order chi connectivity index (χ0) is 28.8. The molecule has 41 heavy (non-hydrogen) atoms. The van der Waals surface area contributed by atoms with E-state index in [2.05, 4.69) is 123 Å². The van der Waals surface area contributed by atoms with E-state index < -0.39 is 5.60 Å². The number of benzene rings is 4. The van der Waals surface area contributed by atoms with Gasteiger partial charge in [-0.3, -0.25) is 4.79 Å². The number of ether oxygens (including phenoxy) is 1. The molecule has 0 heterocycles. The van der Waals surface area contributed by atoms with Crippen LogP contribution >= 0.6 is 0 Å². The zero-order valence-corrected chi connectivity index (χ0v) is 25.1. The molecule has 2 heteroatoms. The molecule has 1 saturated carbocycles. The Bertz CT molecular complexity index is 1310. The summed E-state index contributed by atoms with van der Waals surface area (Å²) in [5.74, 6) is 3.13. The summed E-state index contributed by atoms with van der Waals surface area (Å²) in [6.45, 7) is 8.52. The number of rotatable bonds is 8. The Labute approximate surface area is 246 Å². The summed E-state index contributed by atoms with van der Waals surface area (Å²) in [5, 5.41) is 0. The van der Waals surface area contributed by atoms with Gasteiger partial charge >= 0.3 is 0 Å². The molecule has 0 radical (unpaired) electrons. The highest BCUT2D eigenvalue weighted by Gasteiger charge is 2.46. The maximum absolute atomic E-state index is 13.1. The van der Waals surface area contributed by atoms with Crippen molar-refractivity contribution in [3.8, 4) is 5.75 Å². The normalized spacial score (nSPS) is 19.6. The van der Waals surface area contributed by atoms with Gasteiger partial charge in [0, 0.05) is 29.0 Å². The fourth-order valence-corrected chi connectivity index (χ4v) is 7.05. The number of fused-ring (bicyclic) bond motifs is 2. The first-order chi connectivity index (χ1) is 20.1. The Morgan fingerprint density at radius 2 is 1.24 bits per heavy atom. The van der Waals surface area contributed by atoms with Crippen molar-refractivity contribution in [1.29, 1.82) is 0 Å². The summed E-state index contributed by atoms with van der Waals surface area (Å²) in [4.78, 5) is 13.1. The molecule has 4 aromatic carbocycles. The molecule has 1 fully saturated rings. The second-order valence-corrected chi connectivity index (χ2v) is 11.9. The molecule has 0 aromatic heterocycles. The predicted molar refractivity (Wildman–Crippen MR) is 169 cm³/mol. The second-order valence-electron chi connectivity index (χ2n) is 11.9. The minimum Gasteiger partial charge on any atom is -0.473 e. The highest BCUT2D eigenvalue weighted by atomic mass is 16.5. The lowest BCUT2D eigenvalue weighted by Gasteiger charge is -2.38. The van der Waals surface area contributed by atoms with Gasteiger partial charge < -0.3 is 4.74 Å². The van der Waals surface area contributed by atoms with E-state index in [1.165, 1.54) is 11.1 Å². The molecule has 4 aromatic rings. The fraction of sp³-hybridized carbons (Fsp3) is 0.359. The average Bonchev–Trinajstić information content (AvgIpc) is 3.33. The molecule has 0 saturated heterocycles. The van der Waals surface area contributed by atoms with Crippen LogP contribution in [0.5, 0.6) is 5.75 Å². The smallest absolute Gasteiger partial charge is 0.184 e. The van der Waals surface area contributed by atoms with Gasteiger partial charge in [-0.25, -0.2) is 0 Å². The lowest BCUT2D eigenvalue weighted by molar-refractivity contribution is -0.121. The molecule has 0 spiro atoms. The molecule has 0 aliphatic heterocycles. The summed E-state index contributed by atoms with van der Waals surface area (Å²) in [7, 11) is 0. The summed E-state index contributed by atoms with van der Waals surface area (Å²) in [6.07, 6.45) is 4.75. The molecule has 2 nitrogen and oxygen atoms in total. The van der Waals surface area contributed by atoms with Gasteiger partial charge in [-0.05, 0) is 54.2 Å². The van der Waals surface area contributed by atoms with Crippen LogP contribution in [-0.2, 0) is 23.2 Å². The molecule has 2 unspecified atom stereocenters.